The van der Waals surface area contributed by atoms with Crippen molar-refractivity contribution in [1.29, 1.82) is 0 Å². The lowest BCUT2D eigenvalue weighted by Crippen LogP contribution is -2.61. The average Bonchev–Trinajstić information content (AvgIpc) is 2.26. The van der Waals surface area contributed by atoms with Crippen LogP contribution in [0.1, 0.15) is 6.42 Å². The van der Waals surface area contributed by atoms with E-state index < -0.39 is 22.9 Å². The number of aliphatic imine (C=N–C) groups is 1. The van der Waals surface area contributed by atoms with Crippen molar-refractivity contribution in [3.8, 4) is 0 Å². The van der Waals surface area contributed by atoms with E-state index in [0.29, 0.717) is 11.3 Å². The van der Waals surface area contributed by atoms with Crippen LogP contribution < -0.4 is 5.32 Å². The molecule has 1 aliphatic heterocycles. The van der Waals surface area contributed by atoms with Crippen molar-refractivity contribution in [1.82, 2.24) is 10.2 Å². The van der Waals surface area contributed by atoms with E-state index in [4.69, 9.17) is 5.11 Å². The lowest BCUT2D eigenvalue weighted by atomic mass is 10.2. The van der Waals surface area contributed by atoms with Gasteiger partial charge in [-0.1, -0.05) is 0 Å². The molecule has 0 aliphatic carbocycles. The predicted molar refractivity (Wildman–Crippen MR) is 56.1 cm³/mol. The van der Waals surface area contributed by atoms with Gasteiger partial charge in [0.1, 0.15) is 0 Å². The summed E-state index contributed by atoms with van der Waals surface area (Å²) >= 11 is 0. The van der Waals surface area contributed by atoms with Crippen LogP contribution in [0.25, 0.3) is 0 Å². The van der Waals surface area contributed by atoms with Gasteiger partial charge in [0.15, 0.2) is 5.84 Å². The quantitative estimate of drug-likeness (QED) is 0.357. The third-order valence-corrected chi connectivity index (χ3v) is 2.17. The normalized spacial score (nSPS) is 22.8. The molecule has 0 saturated carbocycles. The highest BCUT2D eigenvalue weighted by Gasteiger charge is 2.45. The summed E-state index contributed by atoms with van der Waals surface area (Å²) in [7, 11) is 1.15. The smallest absolute Gasteiger partial charge is 0.346 e. The molecule has 3 amide bonds. The number of nitro groups is 1. The number of imide groups is 1. The first-order valence-electron chi connectivity index (χ1n) is 4.86. The van der Waals surface area contributed by atoms with E-state index in [2.05, 4.69) is 10.3 Å². The molecule has 0 aromatic heterocycles. The number of carbonyl (C=O) groups is 2. The number of likely N-dealkylation sites (N-methyl/N-ethyl adjacent to an activating group) is 1. The third kappa shape index (κ3) is 2.75. The molecule has 9 nitrogen and oxygen atoms in total. The summed E-state index contributed by atoms with van der Waals surface area (Å²) in [6, 6.07) is -2.44. The summed E-state index contributed by atoms with van der Waals surface area (Å²) in [4.78, 5) is 37.1. The number of carbonyl (C=O) groups excluding carboxylic acids is 2. The van der Waals surface area contributed by atoms with Gasteiger partial charge in [-0.25, -0.2) is 4.79 Å². The van der Waals surface area contributed by atoms with Gasteiger partial charge in [-0.3, -0.25) is 30.1 Å². The molecular weight excluding hydrogens is 232 g/mol. The fourth-order valence-electron chi connectivity index (χ4n) is 1.25. The number of rotatable bonds is 4. The SMILES string of the molecule is CN1C(=O)NC(=NCCCO)C([N+](=O)[O-])C1=O. The molecule has 0 aromatic carbocycles. The molecule has 17 heavy (non-hydrogen) atoms. The maximum absolute atomic E-state index is 11.5. The molecule has 1 fully saturated rings. The van der Waals surface area contributed by atoms with Crippen molar-refractivity contribution in [3.63, 3.8) is 0 Å². The molecule has 1 heterocycles. The standard InChI is InChI=1S/C8H12N4O5/c1-11-7(14)5(12(16)17)6(10-8(11)15)9-3-2-4-13/h5,13H,2-4H2,1H3,(H,9,10,15). The number of aliphatic hydroxyl groups is 1. The molecule has 1 atom stereocenters. The summed E-state index contributed by atoms with van der Waals surface area (Å²) in [6.07, 6.45) is 0.299. The molecule has 9 heteroatoms. The average molecular weight is 244 g/mol. The van der Waals surface area contributed by atoms with Gasteiger partial charge in [0.25, 0.3) is 0 Å². The van der Waals surface area contributed by atoms with E-state index in [9.17, 15) is 19.7 Å². The van der Waals surface area contributed by atoms with Crippen molar-refractivity contribution >= 4 is 17.8 Å². The molecule has 2 N–H and O–H groups in total. The Morgan fingerprint density at radius 1 is 1.59 bits per heavy atom. The molecule has 1 saturated heterocycles. The fraction of sp³-hybridized carbons (Fsp3) is 0.625. The van der Waals surface area contributed by atoms with Crippen LogP contribution in [-0.2, 0) is 4.79 Å². The van der Waals surface area contributed by atoms with Gasteiger partial charge in [-0.15, -0.1) is 0 Å². The summed E-state index contributed by atoms with van der Waals surface area (Å²) in [5.74, 6) is -1.21. The molecule has 1 unspecified atom stereocenters. The van der Waals surface area contributed by atoms with Gasteiger partial charge in [-0.2, -0.15) is 0 Å². The Hall–Kier alpha value is -2.03. The number of urea groups is 1. The minimum absolute atomic E-state index is 0.105. The van der Waals surface area contributed by atoms with E-state index in [1.807, 2.05) is 0 Å². The summed E-state index contributed by atoms with van der Waals surface area (Å²) in [6.45, 7) is -0.0187. The first-order valence-corrected chi connectivity index (χ1v) is 4.86. The highest BCUT2D eigenvalue weighted by Crippen LogP contribution is 2.06. The second-order valence-electron chi connectivity index (χ2n) is 3.36. The van der Waals surface area contributed by atoms with E-state index >= 15 is 0 Å². The number of hydrogen-bond donors (Lipinski definition) is 2. The lowest BCUT2D eigenvalue weighted by molar-refractivity contribution is -0.491. The Morgan fingerprint density at radius 3 is 2.76 bits per heavy atom. The molecule has 1 rings (SSSR count). The van der Waals surface area contributed by atoms with Gasteiger partial charge >= 0.3 is 18.0 Å². The molecule has 0 spiro atoms. The van der Waals surface area contributed by atoms with Crippen LogP contribution in [0, 0.1) is 10.1 Å². The zero-order valence-electron chi connectivity index (χ0n) is 9.12. The molecule has 0 aromatic rings. The van der Waals surface area contributed by atoms with Crippen LogP contribution in [0.15, 0.2) is 4.99 Å². The number of aliphatic hydroxyl groups excluding tert-OH is 1. The maximum Gasteiger partial charge on any atom is 0.346 e. The van der Waals surface area contributed by atoms with Gasteiger partial charge in [0, 0.05) is 25.1 Å². The maximum atomic E-state index is 11.5. The largest absolute Gasteiger partial charge is 0.396 e. The van der Waals surface area contributed by atoms with Crippen molar-refractivity contribution in [2.45, 2.75) is 12.5 Å². The van der Waals surface area contributed by atoms with Crippen molar-refractivity contribution in [3.05, 3.63) is 10.1 Å². The molecule has 0 radical (unpaired) electrons. The van der Waals surface area contributed by atoms with Crippen LogP contribution in [0.4, 0.5) is 4.79 Å². The number of nitrogens with one attached hydrogen (secondary N) is 1. The van der Waals surface area contributed by atoms with Crippen LogP contribution in [0.3, 0.4) is 0 Å². The fourth-order valence-corrected chi connectivity index (χ4v) is 1.25. The Labute approximate surface area is 96.3 Å². The van der Waals surface area contributed by atoms with Crippen LogP contribution >= 0.6 is 0 Å². The molecular formula is C8H12N4O5. The predicted octanol–water partition coefficient (Wildman–Crippen LogP) is -1.41. The topological polar surface area (TPSA) is 125 Å². The first-order chi connectivity index (χ1) is 7.99. The van der Waals surface area contributed by atoms with Crippen molar-refractivity contribution in [2.24, 2.45) is 4.99 Å². The van der Waals surface area contributed by atoms with E-state index in [0.717, 1.165) is 7.05 Å². The summed E-state index contributed by atoms with van der Waals surface area (Å²) in [5, 5.41) is 21.5. The van der Waals surface area contributed by atoms with Gasteiger partial charge in [0.05, 0.1) is 0 Å². The van der Waals surface area contributed by atoms with E-state index in [1.165, 1.54) is 0 Å². The Bertz CT molecular complexity index is 380. The zero-order valence-corrected chi connectivity index (χ0v) is 9.12. The molecule has 1 aliphatic rings. The third-order valence-electron chi connectivity index (χ3n) is 2.17. The van der Waals surface area contributed by atoms with E-state index in [-0.39, 0.29) is 19.0 Å². The lowest BCUT2D eigenvalue weighted by Gasteiger charge is -2.24. The second-order valence-corrected chi connectivity index (χ2v) is 3.36. The number of amidine groups is 1. The second kappa shape index (κ2) is 5.34. The minimum atomic E-state index is -1.68. The van der Waals surface area contributed by atoms with Crippen LogP contribution in [0.2, 0.25) is 0 Å². The minimum Gasteiger partial charge on any atom is -0.396 e. The zero-order chi connectivity index (χ0) is 13.0. The first kappa shape index (κ1) is 13.0. The van der Waals surface area contributed by atoms with Gasteiger partial charge in [0.2, 0.25) is 0 Å². The highest BCUT2D eigenvalue weighted by molar-refractivity contribution is 6.19. The number of nitrogens with zero attached hydrogens (tertiary/aromatic N) is 3. The van der Waals surface area contributed by atoms with Crippen molar-refractivity contribution < 1.29 is 19.6 Å². The number of hydrogen-bond acceptors (Lipinski definition) is 6. The Morgan fingerprint density at radius 2 is 2.24 bits per heavy atom. The Kier molecular flexibility index (Phi) is 4.10. The monoisotopic (exact) mass is 244 g/mol. The molecule has 0 bridgehead atoms. The molecule has 94 valence electrons. The van der Waals surface area contributed by atoms with Crippen LogP contribution in [-0.4, -0.2) is 58.9 Å². The summed E-state index contributed by atoms with van der Waals surface area (Å²) < 4.78 is 0. The summed E-state index contributed by atoms with van der Waals surface area (Å²) in [5.41, 5.74) is 0. The highest BCUT2D eigenvalue weighted by atomic mass is 16.6. The van der Waals surface area contributed by atoms with Crippen LogP contribution in [0.5, 0.6) is 0 Å². The Balaban J connectivity index is 2.92. The number of amides is 3. The van der Waals surface area contributed by atoms with Gasteiger partial charge in [-0.05, 0) is 6.42 Å². The van der Waals surface area contributed by atoms with Gasteiger partial charge < -0.3 is 5.11 Å². The van der Waals surface area contributed by atoms with E-state index in [1.54, 1.807) is 0 Å². The van der Waals surface area contributed by atoms with Crippen molar-refractivity contribution in [2.75, 3.05) is 20.2 Å².